The van der Waals surface area contributed by atoms with Gasteiger partial charge in [-0.15, -0.1) is 0 Å². The van der Waals surface area contributed by atoms with Crippen LogP contribution >= 0.6 is 0 Å². The first-order valence-electron chi connectivity index (χ1n) is 15.5. The van der Waals surface area contributed by atoms with Gasteiger partial charge in [0.1, 0.15) is 82.3 Å². The Hall–Kier alpha value is -3.47. The third kappa shape index (κ3) is 6.78. The topological polar surface area (TPSA) is 277 Å². The number of aliphatic hydroxyl groups excluding tert-OH is 6. The van der Waals surface area contributed by atoms with Crippen molar-refractivity contribution in [2.45, 2.75) is 66.7 Å². The van der Waals surface area contributed by atoms with Crippen molar-refractivity contribution < 1.29 is 83.5 Å². The smallest absolute Gasteiger partial charge is 0.229 e. The van der Waals surface area contributed by atoms with Gasteiger partial charge in [0.15, 0.2) is 12.6 Å². The molecule has 0 radical (unpaired) electrons. The van der Waals surface area contributed by atoms with Crippen molar-refractivity contribution in [3.63, 3.8) is 0 Å². The number of aromatic hydroxyl groups is 1. The van der Waals surface area contributed by atoms with Crippen molar-refractivity contribution in [1.29, 1.82) is 0 Å². The molecule has 3 aliphatic rings. The number of hydrogen-bond donors (Lipinski definition) is 9. The number of methoxy groups -OCH3 is 1. The molecule has 11 atom stereocenters. The van der Waals surface area contributed by atoms with E-state index in [-0.39, 0.29) is 22.3 Å². The number of phenolic OH excluding ortho intramolecular Hbond substituents is 1. The Kier molecular flexibility index (Phi) is 10.4. The van der Waals surface area contributed by atoms with Gasteiger partial charge in [-0.3, -0.25) is 4.79 Å². The Morgan fingerprint density at radius 3 is 2.16 bits per heavy atom. The Balaban J connectivity index is 1.09. The molecular formula is C32H38O18. The van der Waals surface area contributed by atoms with Gasteiger partial charge in [-0.25, -0.2) is 0 Å². The summed E-state index contributed by atoms with van der Waals surface area (Å²) in [5.74, 6) is -0.0523. The predicted molar refractivity (Wildman–Crippen MR) is 164 cm³/mol. The lowest BCUT2D eigenvalue weighted by Gasteiger charge is -2.40. The minimum absolute atomic E-state index is 0.0602. The van der Waals surface area contributed by atoms with Crippen LogP contribution in [0.25, 0.3) is 22.1 Å². The van der Waals surface area contributed by atoms with Gasteiger partial charge in [0.2, 0.25) is 11.7 Å². The summed E-state index contributed by atoms with van der Waals surface area (Å²) < 4.78 is 43.4. The Morgan fingerprint density at radius 1 is 0.840 bits per heavy atom. The number of phenols is 1. The average Bonchev–Trinajstić information content (AvgIpc) is 3.56. The summed E-state index contributed by atoms with van der Waals surface area (Å²) in [5, 5.41) is 93.5. The highest BCUT2D eigenvalue weighted by Gasteiger charge is 2.53. The molecule has 0 spiro atoms. The summed E-state index contributed by atoms with van der Waals surface area (Å²) in [7, 11) is 1.51. The number of benzene rings is 2. The molecule has 50 heavy (non-hydrogen) atoms. The molecule has 4 heterocycles. The molecule has 0 aliphatic carbocycles. The molecule has 6 rings (SSSR count). The van der Waals surface area contributed by atoms with Crippen LogP contribution in [0.15, 0.2) is 51.9 Å². The van der Waals surface area contributed by atoms with Crippen LogP contribution in [0.3, 0.4) is 0 Å². The second-order valence-corrected chi connectivity index (χ2v) is 12.4. The number of fused-ring (bicyclic) bond motifs is 1. The van der Waals surface area contributed by atoms with Crippen LogP contribution in [0, 0.1) is 0 Å². The first-order chi connectivity index (χ1) is 23.8. The van der Waals surface area contributed by atoms with Gasteiger partial charge >= 0.3 is 0 Å². The third-order valence-corrected chi connectivity index (χ3v) is 8.96. The molecule has 18 heteroatoms. The molecule has 1 aromatic heterocycles. The fourth-order valence-corrected chi connectivity index (χ4v) is 5.80. The average molecular weight is 711 g/mol. The maximum absolute atomic E-state index is 13.3. The summed E-state index contributed by atoms with van der Waals surface area (Å²) in [6.07, 6.45) is -13.4. The fourth-order valence-electron chi connectivity index (χ4n) is 5.80. The molecule has 0 saturated carbocycles. The largest absolute Gasteiger partial charge is 0.507 e. The lowest BCUT2D eigenvalue weighted by molar-refractivity contribution is -0.289. The molecular weight excluding hydrogens is 672 g/mol. The summed E-state index contributed by atoms with van der Waals surface area (Å²) >= 11 is 0. The molecule has 3 fully saturated rings. The van der Waals surface area contributed by atoms with Crippen LogP contribution < -0.4 is 14.9 Å². The summed E-state index contributed by atoms with van der Waals surface area (Å²) in [6.45, 7) is -2.93. The normalized spacial score (nSPS) is 35.8. The number of ether oxygens (including phenoxy) is 7. The van der Waals surface area contributed by atoms with Crippen LogP contribution in [-0.4, -0.2) is 153 Å². The standard InChI is InChI=1S/C32H38O18/c1-43-15-4-2-14(3-5-15)17-8-44-19-7-16(6-18(34)21(19)22(17)35)49-28-25(38)24(37)23(36)20(50-28)9-45-29-27(40)32(42,12-47-29)13-48-30-26(39)31(41,10-33)11-46-30/h2-8,20,23-30,33-34,36-42H,9-13H2,1H3/t20-,23-,24+,25-,26+,27+,28-,29+,30-,31-,32+/m1/s1. The van der Waals surface area contributed by atoms with Crippen LogP contribution in [0.1, 0.15) is 0 Å². The predicted octanol–water partition coefficient (Wildman–Crippen LogP) is -2.72. The summed E-state index contributed by atoms with van der Waals surface area (Å²) in [4.78, 5) is 13.3. The zero-order chi connectivity index (χ0) is 36.0. The van der Waals surface area contributed by atoms with Gasteiger partial charge in [-0.05, 0) is 17.7 Å². The minimum Gasteiger partial charge on any atom is -0.507 e. The van der Waals surface area contributed by atoms with E-state index >= 15 is 0 Å². The highest BCUT2D eigenvalue weighted by Crippen LogP contribution is 2.34. The van der Waals surface area contributed by atoms with Crippen molar-refractivity contribution in [2.24, 2.45) is 0 Å². The van der Waals surface area contributed by atoms with E-state index in [2.05, 4.69) is 0 Å². The molecule has 274 valence electrons. The van der Waals surface area contributed by atoms with Gasteiger partial charge in [-0.1, -0.05) is 12.1 Å². The SMILES string of the molecule is COc1ccc(-c2coc3cc(O[C@@H]4O[C@H](CO[C@H]5OC[C@](O)(CO[C@H]6OC[C@](O)(CO)[C@H]6O)[C@H]5O)[C@@H](O)[C@H](O)[C@H]4O)cc(O)c3c2=O)cc1. The lowest BCUT2D eigenvalue weighted by atomic mass is 9.99. The molecule has 3 saturated heterocycles. The van der Waals surface area contributed by atoms with Crippen molar-refractivity contribution in [1.82, 2.24) is 0 Å². The van der Waals surface area contributed by atoms with E-state index in [0.29, 0.717) is 11.3 Å². The molecule has 2 aromatic carbocycles. The lowest BCUT2D eigenvalue weighted by Crippen LogP contribution is -2.60. The molecule has 3 aliphatic heterocycles. The second-order valence-electron chi connectivity index (χ2n) is 12.4. The fraction of sp³-hybridized carbons (Fsp3) is 0.531. The first kappa shape index (κ1) is 36.3. The van der Waals surface area contributed by atoms with Crippen molar-refractivity contribution in [3.8, 4) is 28.4 Å². The van der Waals surface area contributed by atoms with Gasteiger partial charge < -0.3 is 83.5 Å². The first-order valence-corrected chi connectivity index (χ1v) is 15.5. The highest BCUT2D eigenvalue weighted by molar-refractivity contribution is 5.88. The minimum atomic E-state index is -2.07. The second kappa shape index (κ2) is 14.3. The van der Waals surface area contributed by atoms with E-state index in [9.17, 15) is 50.8 Å². The van der Waals surface area contributed by atoms with E-state index < -0.39 is 111 Å². The summed E-state index contributed by atoms with van der Waals surface area (Å²) in [5.41, 5.74) is -3.92. The summed E-state index contributed by atoms with van der Waals surface area (Å²) in [6, 6.07) is 8.98. The van der Waals surface area contributed by atoms with Crippen LogP contribution in [0.2, 0.25) is 0 Å². The molecule has 9 N–H and O–H groups in total. The van der Waals surface area contributed by atoms with Crippen molar-refractivity contribution in [3.05, 3.63) is 52.9 Å². The quantitative estimate of drug-likeness (QED) is 0.0978. The van der Waals surface area contributed by atoms with Gasteiger partial charge in [0.25, 0.3) is 0 Å². The Labute approximate surface area is 282 Å². The Morgan fingerprint density at radius 2 is 1.50 bits per heavy atom. The van der Waals surface area contributed by atoms with E-state index in [0.717, 1.165) is 6.07 Å². The third-order valence-electron chi connectivity index (χ3n) is 8.96. The maximum atomic E-state index is 13.3. The van der Waals surface area contributed by atoms with Gasteiger partial charge in [0.05, 0.1) is 45.7 Å². The van der Waals surface area contributed by atoms with Gasteiger partial charge in [-0.2, -0.15) is 0 Å². The molecule has 0 amide bonds. The van der Waals surface area contributed by atoms with E-state index in [1.807, 2.05) is 0 Å². The van der Waals surface area contributed by atoms with Crippen LogP contribution in [-0.2, 0) is 23.7 Å². The van der Waals surface area contributed by atoms with E-state index in [1.165, 1.54) is 19.4 Å². The van der Waals surface area contributed by atoms with Gasteiger partial charge in [0, 0.05) is 12.1 Å². The zero-order valence-corrected chi connectivity index (χ0v) is 26.5. The van der Waals surface area contributed by atoms with E-state index in [4.69, 9.17) is 37.6 Å². The monoisotopic (exact) mass is 710 g/mol. The van der Waals surface area contributed by atoms with Crippen LogP contribution in [0.5, 0.6) is 17.2 Å². The van der Waals surface area contributed by atoms with Crippen molar-refractivity contribution >= 4 is 11.0 Å². The Bertz CT molecular complexity index is 1700. The molecule has 0 bridgehead atoms. The number of aliphatic hydroxyl groups is 8. The number of rotatable bonds is 11. The maximum Gasteiger partial charge on any atom is 0.229 e. The molecule has 3 aromatic rings. The number of hydrogen-bond acceptors (Lipinski definition) is 18. The molecule has 18 nitrogen and oxygen atoms in total. The van der Waals surface area contributed by atoms with E-state index in [1.54, 1.807) is 24.3 Å². The van der Waals surface area contributed by atoms with Crippen LogP contribution in [0.4, 0.5) is 0 Å². The zero-order valence-electron chi connectivity index (χ0n) is 26.5. The highest BCUT2D eigenvalue weighted by atomic mass is 16.7. The van der Waals surface area contributed by atoms with Crippen molar-refractivity contribution in [2.75, 3.05) is 40.1 Å². The molecule has 0 unspecified atom stereocenters.